The van der Waals surface area contributed by atoms with Crippen LogP contribution in [0.4, 0.5) is 5.95 Å². The van der Waals surface area contributed by atoms with Gasteiger partial charge in [-0.1, -0.05) is 12.1 Å². The Morgan fingerprint density at radius 3 is 2.68 bits per heavy atom. The molecule has 0 bridgehead atoms. The van der Waals surface area contributed by atoms with Crippen molar-refractivity contribution < 1.29 is 4.74 Å². The van der Waals surface area contributed by atoms with Crippen LogP contribution < -0.4 is 15.4 Å². The molecule has 2 aromatic rings. The molecule has 0 spiro atoms. The number of aryl methyl sites for hydroxylation is 1. The zero-order valence-electron chi connectivity index (χ0n) is 13.1. The van der Waals surface area contributed by atoms with Gasteiger partial charge in [-0.2, -0.15) is 0 Å². The Kier molecular flexibility index (Phi) is 4.24. The monoisotopic (exact) mass is 298 g/mol. The van der Waals surface area contributed by atoms with Gasteiger partial charge in [-0.25, -0.2) is 9.97 Å². The van der Waals surface area contributed by atoms with Crippen LogP contribution in [0, 0.1) is 6.92 Å². The van der Waals surface area contributed by atoms with Crippen LogP contribution >= 0.6 is 0 Å². The van der Waals surface area contributed by atoms with Crippen molar-refractivity contribution in [3.8, 4) is 17.0 Å². The Morgan fingerprint density at radius 1 is 1.18 bits per heavy atom. The fourth-order valence-corrected chi connectivity index (χ4v) is 2.72. The molecule has 0 aliphatic carbocycles. The summed E-state index contributed by atoms with van der Waals surface area (Å²) in [5.41, 5.74) is 8.92. The molecule has 5 nitrogen and oxygen atoms in total. The van der Waals surface area contributed by atoms with Crippen LogP contribution in [0.1, 0.15) is 18.5 Å². The van der Waals surface area contributed by atoms with Gasteiger partial charge in [-0.3, -0.25) is 0 Å². The maximum Gasteiger partial charge on any atom is 0.226 e. The maximum absolute atomic E-state index is 5.98. The van der Waals surface area contributed by atoms with Crippen molar-refractivity contribution in [2.45, 2.75) is 25.8 Å². The molecule has 2 heterocycles. The van der Waals surface area contributed by atoms with E-state index in [0.29, 0.717) is 6.04 Å². The fourth-order valence-electron chi connectivity index (χ4n) is 2.72. The number of nitrogens with zero attached hydrogens (tertiary/aromatic N) is 3. The second-order valence-corrected chi connectivity index (χ2v) is 5.75. The van der Waals surface area contributed by atoms with Gasteiger partial charge in [0.15, 0.2) is 0 Å². The van der Waals surface area contributed by atoms with Crippen LogP contribution in [-0.4, -0.2) is 36.2 Å². The Morgan fingerprint density at radius 2 is 1.95 bits per heavy atom. The van der Waals surface area contributed by atoms with E-state index in [1.54, 1.807) is 7.11 Å². The molecule has 1 aromatic heterocycles. The predicted molar refractivity (Wildman–Crippen MR) is 88.2 cm³/mol. The van der Waals surface area contributed by atoms with Crippen LogP contribution in [0.2, 0.25) is 0 Å². The van der Waals surface area contributed by atoms with Crippen molar-refractivity contribution in [2.75, 3.05) is 25.1 Å². The molecule has 22 heavy (non-hydrogen) atoms. The minimum atomic E-state index is 0.305. The molecular formula is C17H22N4O. The maximum atomic E-state index is 5.98. The Balaban J connectivity index is 1.92. The summed E-state index contributed by atoms with van der Waals surface area (Å²) in [5, 5.41) is 0. The summed E-state index contributed by atoms with van der Waals surface area (Å²) in [6.07, 6.45) is 1.98. The lowest BCUT2D eigenvalue weighted by Gasteiger charge is -2.30. The van der Waals surface area contributed by atoms with Crippen LogP contribution in [0.15, 0.2) is 30.3 Å². The summed E-state index contributed by atoms with van der Waals surface area (Å²) in [6, 6.07) is 10.3. The van der Waals surface area contributed by atoms with E-state index in [9.17, 15) is 0 Å². The number of nitrogens with two attached hydrogens (primary N) is 1. The van der Waals surface area contributed by atoms with Crippen molar-refractivity contribution >= 4 is 5.95 Å². The topological polar surface area (TPSA) is 64.3 Å². The molecule has 0 radical (unpaired) electrons. The van der Waals surface area contributed by atoms with Crippen molar-refractivity contribution in [2.24, 2.45) is 5.73 Å². The predicted octanol–water partition coefficient (Wildman–Crippen LogP) is 2.39. The number of benzene rings is 1. The number of aromatic nitrogens is 2. The van der Waals surface area contributed by atoms with Gasteiger partial charge in [-0.15, -0.1) is 0 Å². The van der Waals surface area contributed by atoms with Gasteiger partial charge in [0.25, 0.3) is 0 Å². The van der Waals surface area contributed by atoms with Gasteiger partial charge in [0, 0.05) is 30.4 Å². The second-order valence-electron chi connectivity index (χ2n) is 5.75. The molecule has 116 valence electrons. The molecule has 5 heteroatoms. The van der Waals surface area contributed by atoms with Crippen LogP contribution in [0.25, 0.3) is 11.3 Å². The quantitative estimate of drug-likeness (QED) is 0.942. The lowest BCUT2D eigenvalue weighted by atomic mass is 10.1. The summed E-state index contributed by atoms with van der Waals surface area (Å²) in [4.78, 5) is 11.6. The average Bonchev–Trinajstić information content (AvgIpc) is 2.55. The van der Waals surface area contributed by atoms with Crippen LogP contribution in [0.3, 0.4) is 0 Å². The SMILES string of the molecule is COc1cccc(-c2cc(C)nc(N3CCC(N)CC3)n2)c1. The summed E-state index contributed by atoms with van der Waals surface area (Å²) in [7, 11) is 1.67. The minimum absolute atomic E-state index is 0.305. The van der Waals surface area contributed by atoms with Gasteiger partial charge in [0.1, 0.15) is 5.75 Å². The molecule has 3 rings (SSSR count). The summed E-state index contributed by atoms with van der Waals surface area (Å²) in [6.45, 7) is 3.84. The summed E-state index contributed by atoms with van der Waals surface area (Å²) < 4.78 is 5.30. The third kappa shape index (κ3) is 3.20. The molecule has 0 unspecified atom stereocenters. The van der Waals surface area contributed by atoms with Gasteiger partial charge in [0.2, 0.25) is 5.95 Å². The van der Waals surface area contributed by atoms with Crippen LogP contribution in [-0.2, 0) is 0 Å². The number of hydrogen-bond donors (Lipinski definition) is 1. The molecule has 0 saturated carbocycles. The average molecular weight is 298 g/mol. The standard InChI is InChI=1S/C17H22N4O/c1-12-10-16(13-4-3-5-15(11-13)22-2)20-17(19-12)21-8-6-14(18)7-9-21/h3-5,10-11,14H,6-9,18H2,1-2H3. The lowest BCUT2D eigenvalue weighted by molar-refractivity contribution is 0.415. The van der Waals surface area contributed by atoms with E-state index in [4.69, 9.17) is 15.5 Å². The van der Waals surface area contributed by atoms with E-state index in [-0.39, 0.29) is 0 Å². The third-order valence-electron chi connectivity index (χ3n) is 4.03. The van der Waals surface area contributed by atoms with Crippen molar-refractivity contribution in [1.82, 2.24) is 9.97 Å². The minimum Gasteiger partial charge on any atom is -0.497 e. The number of piperidine rings is 1. The van der Waals surface area contributed by atoms with Gasteiger partial charge >= 0.3 is 0 Å². The highest BCUT2D eigenvalue weighted by atomic mass is 16.5. The zero-order valence-corrected chi connectivity index (χ0v) is 13.1. The van der Waals surface area contributed by atoms with Crippen molar-refractivity contribution in [3.63, 3.8) is 0 Å². The van der Waals surface area contributed by atoms with E-state index < -0.39 is 0 Å². The highest BCUT2D eigenvalue weighted by molar-refractivity contribution is 5.63. The Hall–Kier alpha value is -2.14. The highest BCUT2D eigenvalue weighted by Crippen LogP contribution is 2.25. The molecule has 1 fully saturated rings. The normalized spacial score (nSPS) is 15.9. The first-order chi connectivity index (χ1) is 10.7. The van der Waals surface area contributed by atoms with E-state index in [1.165, 1.54) is 0 Å². The van der Waals surface area contributed by atoms with Crippen molar-refractivity contribution in [1.29, 1.82) is 0 Å². The van der Waals surface area contributed by atoms with Gasteiger partial charge in [-0.05, 0) is 38.0 Å². The highest BCUT2D eigenvalue weighted by Gasteiger charge is 2.19. The summed E-state index contributed by atoms with van der Waals surface area (Å²) in [5.74, 6) is 1.63. The Bertz CT molecular complexity index is 651. The van der Waals surface area contributed by atoms with Crippen LogP contribution in [0.5, 0.6) is 5.75 Å². The van der Waals surface area contributed by atoms with Gasteiger partial charge in [0.05, 0.1) is 12.8 Å². The number of rotatable bonds is 3. The number of methoxy groups -OCH3 is 1. The molecule has 0 amide bonds. The largest absolute Gasteiger partial charge is 0.497 e. The molecule has 2 N–H and O–H groups in total. The van der Waals surface area contributed by atoms with E-state index in [0.717, 1.165) is 54.6 Å². The zero-order chi connectivity index (χ0) is 15.5. The van der Waals surface area contributed by atoms with Gasteiger partial charge < -0.3 is 15.4 Å². The van der Waals surface area contributed by atoms with E-state index in [1.807, 2.05) is 37.3 Å². The second kappa shape index (κ2) is 6.32. The molecule has 1 aliphatic rings. The molecule has 0 atom stereocenters. The van der Waals surface area contributed by atoms with E-state index >= 15 is 0 Å². The van der Waals surface area contributed by atoms with Crippen molar-refractivity contribution in [3.05, 3.63) is 36.0 Å². The first-order valence-electron chi connectivity index (χ1n) is 7.66. The van der Waals surface area contributed by atoms with E-state index in [2.05, 4.69) is 9.88 Å². The first kappa shape index (κ1) is 14.8. The molecule has 1 aromatic carbocycles. The number of hydrogen-bond acceptors (Lipinski definition) is 5. The third-order valence-corrected chi connectivity index (χ3v) is 4.03. The smallest absolute Gasteiger partial charge is 0.226 e. The lowest BCUT2D eigenvalue weighted by Crippen LogP contribution is -2.40. The molecular weight excluding hydrogens is 276 g/mol. The fraction of sp³-hybridized carbons (Fsp3) is 0.412. The molecule has 1 aliphatic heterocycles. The molecule has 1 saturated heterocycles. The Labute approximate surface area is 131 Å². The number of ether oxygens (including phenoxy) is 1. The summed E-state index contributed by atoms with van der Waals surface area (Å²) >= 11 is 0. The number of anilines is 1. The first-order valence-corrected chi connectivity index (χ1v) is 7.66.